The Labute approximate surface area is 87.2 Å². The van der Waals surface area contributed by atoms with Gasteiger partial charge in [0.15, 0.2) is 0 Å². The molecule has 0 aliphatic carbocycles. The number of hydrogen-bond donors (Lipinski definition) is 0. The van der Waals surface area contributed by atoms with Crippen molar-refractivity contribution in [2.24, 2.45) is 0 Å². The maximum Gasteiger partial charge on any atom is 2.00 e. The van der Waals surface area contributed by atoms with E-state index in [1.807, 2.05) is 54.6 Å². The van der Waals surface area contributed by atoms with Gasteiger partial charge < -0.3 is 0 Å². The Hall–Kier alpha value is -0.564. The van der Waals surface area contributed by atoms with Gasteiger partial charge in [-0.1, -0.05) is 0 Å². The fraction of sp³-hybridized carbons (Fsp3) is 0. The molecule has 0 heterocycles. The standard InChI is InChI=1S/C5H4Si.C5H5.Fe/c6-5-3-1-2-4-5;1-2-4-5-3-1;/h1-4H;1-5H;/q2*-1;+2. The van der Waals surface area contributed by atoms with Crippen molar-refractivity contribution in [2.45, 2.75) is 0 Å². The molecule has 0 fully saturated rings. The van der Waals surface area contributed by atoms with E-state index >= 15 is 0 Å². The summed E-state index contributed by atoms with van der Waals surface area (Å²) in [5.74, 6) is 0. The molecule has 0 amide bonds. The normalized spacial score (nSPS) is 7.75. The first-order chi connectivity index (χ1) is 5.39. The molecular formula is C10H9FeSi. The quantitative estimate of drug-likeness (QED) is 0.460. The van der Waals surface area contributed by atoms with Gasteiger partial charge in [-0.15, -0.1) is 0 Å². The Balaban J connectivity index is 0.000000189. The van der Waals surface area contributed by atoms with Crippen LogP contribution in [0.3, 0.4) is 0 Å². The molecule has 3 radical (unpaired) electrons. The third-order valence-electron chi connectivity index (χ3n) is 1.22. The Kier molecular flexibility index (Phi) is 6.77. The van der Waals surface area contributed by atoms with Crippen LogP contribution in [0.15, 0.2) is 54.6 Å². The van der Waals surface area contributed by atoms with Gasteiger partial charge >= 0.3 is 17.1 Å². The molecule has 0 atom stereocenters. The molecule has 0 aromatic heterocycles. The van der Waals surface area contributed by atoms with Gasteiger partial charge in [-0.2, -0.15) is 35.5 Å². The van der Waals surface area contributed by atoms with Crippen LogP contribution in [0.2, 0.25) is 0 Å². The zero-order valence-electron chi connectivity index (χ0n) is 6.55. The maximum atomic E-state index is 3.33. The summed E-state index contributed by atoms with van der Waals surface area (Å²) in [6, 6.07) is 18.0. The van der Waals surface area contributed by atoms with Crippen molar-refractivity contribution in [1.82, 2.24) is 0 Å². The van der Waals surface area contributed by atoms with Gasteiger partial charge in [0.2, 0.25) is 0 Å². The van der Waals surface area contributed by atoms with E-state index in [1.165, 1.54) is 0 Å². The van der Waals surface area contributed by atoms with Gasteiger partial charge in [0.1, 0.15) is 0 Å². The van der Waals surface area contributed by atoms with Crippen LogP contribution in [0.25, 0.3) is 0 Å². The number of hydrogen-bond acceptors (Lipinski definition) is 0. The van der Waals surface area contributed by atoms with Crippen molar-refractivity contribution in [3.8, 4) is 0 Å². The van der Waals surface area contributed by atoms with Crippen LogP contribution >= 0.6 is 0 Å². The summed E-state index contributed by atoms with van der Waals surface area (Å²) in [6.45, 7) is 0. The Morgan fingerprint density at radius 1 is 0.917 bits per heavy atom. The van der Waals surface area contributed by atoms with E-state index in [0.29, 0.717) is 0 Å². The van der Waals surface area contributed by atoms with Crippen LogP contribution in [0.5, 0.6) is 0 Å². The van der Waals surface area contributed by atoms with E-state index < -0.39 is 0 Å². The average Bonchev–Trinajstić information content (AvgIpc) is 2.57. The summed E-state index contributed by atoms with van der Waals surface area (Å²) in [5, 5.41) is 1.15. The molecule has 0 saturated carbocycles. The second-order valence-electron chi connectivity index (χ2n) is 2.14. The SMILES string of the molecule is [Fe+2].[Si][c-]1cccc1.c1cc[cH-]c1. The van der Waals surface area contributed by atoms with E-state index in [4.69, 9.17) is 0 Å². The summed E-state index contributed by atoms with van der Waals surface area (Å²) in [6.07, 6.45) is 0. The van der Waals surface area contributed by atoms with Crippen molar-refractivity contribution in [3.05, 3.63) is 54.6 Å². The van der Waals surface area contributed by atoms with Gasteiger partial charge in [-0.05, 0) is 10.2 Å². The van der Waals surface area contributed by atoms with Gasteiger partial charge in [0.25, 0.3) is 0 Å². The van der Waals surface area contributed by atoms with Crippen LogP contribution in [0.4, 0.5) is 0 Å². The molecule has 0 N–H and O–H groups in total. The molecular weight excluding hydrogens is 204 g/mol. The molecule has 2 aromatic carbocycles. The molecule has 0 saturated heterocycles. The van der Waals surface area contributed by atoms with Crippen molar-refractivity contribution < 1.29 is 17.1 Å². The molecule has 0 nitrogen and oxygen atoms in total. The summed E-state index contributed by atoms with van der Waals surface area (Å²) >= 11 is 0. The van der Waals surface area contributed by atoms with Crippen molar-refractivity contribution in [3.63, 3.8) is 0 Å². The zero-order valence-corrected chi connectivity index (χ0v) is 8.65. The van der Waals surface area contributed by atoms with Gasteiger partial charge in [0.05, 0.1) is 0 Å². The van der Waals surface area contributed by atoms with Gasteiger partial charge in [0, 0.05) is 0 Å². The minimum absolute atomic E-state index is 0. The maximum absolute atomic E-state index is 3.33. The third-order valence-corrected chi connectivity index (χ3v) is 1.55. The Morgan fingerprint density at radius 2 is 1.42 bits per heavy atom. The van der Waals surface area contributed by atoms with Crippen molar-refractivity contribution in [2.75, 3.05) is 0 Å². The first-order valence-electron chi connectivity index (χ1n) is 3.49. The molecule has 0 aliphatic rings. The summed E-state index contributed by atoms with van der Waals surface area (Å²) in [7, 11) is 3.33. The fourth-order valence-electron chi connectivity index (χ4n) is 0.695. The topological polar surface area (TPSA) is 0 Å². The minimum Gasteiger partial charge on any atom is -0.214 e. The van der Waals surface area contributed by atoms with Crippen molar-refractivity contribution in [1.29, 1.82) is 0 Å². The predicted octanol–water partition coefficient (Wildman–Crippen LogP) is 1.60. The smallest absolute Gasteiger partial charge is 0.214 e. The summed E-state index contributed by atoms with van der Waals surface area (Å²) in [4.78, 5) is 0. The van der Waals surface area contributed by atoms with E-state index in [0.717, 1.165) is 5.19 Å². The fourth-order valence-corrected chi connectivity index (χ4v) is 0.887. The molecule has 0 spiro atoms. The van der Waals surface area contributed by atoms with Crippen LogP contribution in [-0.4, -0.2) is 10.2 Å². The van der Waals surface area contributed by atoms with E-state index in [1.54, 1.807) is 0 Å². The molecule has 2 aromatic rings. The molecule has 12 heavy (non-hydrogen) atoms. The summed E-state index contributed by atoms with van der Waals surface area (Å²) < 4.78 is 0. The van der Waals surface area contributed by atoms with Gasteiger partial charge in [-0.25, -0.2) is 24.3 Å². The molecule has 0 aliphatic heterocycles. The first-order valence-corrected chi connectivity index (χ1v) is 3.99. The number of rotatable bonds is 0. The largest absolute Gasteiger partial charge is 2.00 e. The van der Waals surface area contributed by atoms with Crippen LogP contribution in [-0.2, 0) is 17.1 Å². The second-order valence-corrected chi connectivity index (χ2v) is 2.71. The van der Waals surface area contributed by atoms with Crippen molar-refractivity contribution >= 4 is 15.4 Å². The Morgan fingerprint density at radius 3 is 1.58 bits per heavy atom. The zero-order chi connectivity index (χ0) is 7.94. The minimum atomic E-state index is 0. The molecule has 0 unspecified atom stereocenters. The third kappa shape index (κ3) is 5.13. The predicted molar refractivity (Wildman–Crippen MR) is 49.5 cm³/mol. The Bertz CT molecular complexity index is 228. The second kappa shape index (κ2) is 7.11. The first kappa shape index (κ1) is 11.4. The van der Waals surface area contributed by atoms with Crippen LogP contribution in [0.1, 0.15) is 0 Å². The molecule has 2 rings (SSSR count). The summed E-state index contributed by atoms with van der Waals surface area (Å²) in [5.41, 5.74) is 0. The van der Waals surface area contributed by atoms with Gasteiger partial charge in [-0.3, -0.25) is 0 Å². The van der Waals surface area contributed by atoms with E-state index in [2.05, 4.69) is 10.2 Å². The van der Waals surface area contributed by atoms with E-state index in [9.17, 15) is 0 Å². The monoisotopic (exact) mass is 213 g/mol. The molecule has 0 bridgehead atoms. The van der Waals surface area contributed by atoms with E-state index in [-0.39, 0.29) is 17.1 Å². The van der Waals surface area contributed by atoms with Crippen LogP contribution < -0.4 is 5.19 Å². The molecule has 2 heteroatoms. The van der Waals surface area contributed by atoms with Crippen LogP contribution in [0, 0.1) is 0 Å². The molecule has 61 valence electrons. The average molecular weight is 213 g/mol.